The quantitative estimate of drug-likeness (QED) is 0.628. The molecule has 4 nitrogen and oxygen atoms in total. The number of rotatable bonds is 5. The second-order valence-electron chi connectivity index (χ2n) is 4.30. The minimum atomic E-state index is -0.00236. The van der Waals surface area contributed by atoms with Crippen LogP contribution < -0.4 is 16.0 Å². The Morgan fingerprint density at radius 2 is 2.22 bits per heavy atom. The average molecular weight is 246 g/mol. The average Bonchev–Trinajstić information content (AvgIpc) is 2.88. The summed E-state index contributed by atoms with van der Waals surface area (Å²) in [5.74, 6) is 6.50. The van der Waals surface area contributed by atoms with Gasteiger partial charge in [-0.3, -0.25) is 11.3 Å². The Kier molecular flexibility index (Phi) is 4.02. The van der Waals surface area contributed by atoms with Crippen LogP contribution in [-0.4, -0.2) is 7.11 Å². The first-order chi connectivity index (χ1) is 8.74. The van der Waals surface area contributed by atoms with Crippen molar-refractivity contribution < 1.29 is 9.15 Å². The zero-order valence-electron chi connectivity index (χ0n) is 10.6. The molecule has 0 aliphatic heterocycles. The van der Waals surface area contributed by atoms with Crippen molar-refractivity contribution in [2.75, 3.05) is 7.11 Å². The van der Waals surface area contributed by atoms with Gasteiger partial charge in [-0.2, -0.15) is 0 Å². The van der Waals surface area contributed by atoms with Crippen molar-refractivity contribution in [2.24, 2.45) is 5.84 Å². The van der Waals surface area contributed by atoms with Gasteiger partial charge in [-0.05, 0) is 31.0 Å². The largest absolute Gasteiger partial charge is 0.496 e. The molecule has 3 N–H and O–H groups in total. The fourth-order valence-corrected chi connectivity index (χ4v) is 2.03. The van der Waals surface area contributed by atoms with Crippen molar-refractivity contribution in [3.63, 3.8) is 0 Å². The number of hydrogen-bond acceptors (Lipinski definition) is 4. The first-order valence-corrected chi connectivity index (χ1v) is 5.86. The first kappa shape index (κ1) is 12.7. The maximum Gasteiger partial charge on any atom is 0.123 e. The van der Waals surface area contributed by atoms with Gasteiger partial charge in [0.1, 0.15) is 5.75 Å². The lowest BCUT2D eigenvalue weighted by atomic mass is 9.98. The van der Waals surface area contributed by atoms with Gasteiger partial charge in [0.25, 0.3) is 0 Å². The molecule has 4 heteroatoms. The molecular weight excluding hydrogens is 228 g/mol. The summed E-state index contributed by atoms with van der Waals surface area (Å²) in [4.78, 5) is 0. The lowest BCUT2D eigenvalue weighted by Crippen LogP contribution is -2.29. The Balaban J connectivity index is 2.28. The Hall–Kier alpha value is -1.78. The van der Waals surface area contributed by atoms with Crippen molar-refractivity contribution in [2.45, 2.75) is 19.4 Å². The van der Waals surface area contributed by atoms with E-state index in [4.69, 9.17) is 15.0 Å². The molecule has 0 spiro atoms. The monoisotopic (exact) mass is 246 g/mol. The molecule has 1 atom stereocenters. The Morgan fingerprint density at radius 3 is 2.83 bits per heavy atom. The van der Waals surface area contributed by atoms with E-state index in [1.807, 2.05) is 25.1 Å². The van der Waals surface area contributed by atoms with Crippen LogP contribution in [0.25, 0.3) is 0 Å². The summed E-state index contributed by atoms with van der Waals surface area (Å²) >= 11 is 0. The summed E-state index contributed by atoms with van der Waals surface area (Å²) < 4.78 is 10.5. The minimum absolute atomic E-state index is 0.00236. The number of nitrogens with one attached hydrogen (secondary N) is 1. The third-order valence-electron chi connectivity index (χ3n) is 2.98. The van der Waals surface area contributed by atoms with Gasteiger partial charge in [0.2, 0.25) is 0 Å². The lowest BCUT2D eigenvalue weighted by molar-refractivity contribution is 0.398. The molecule has 0 saturated carbocycles. The molecule has 1 aromatic heterocycles. The molecule has 0 fully saturated rings. The predicted octanol–water partition coefficient (Wildman–Crippen LogP) is 2.34. The van der Waals surface area contributed by atoms with E-state index in [2.05, 4.69) is 11.5 Å². The van der Waals surface area contributed by atoms with E-state index in [0.717, 1.165) is 23.3 Å². The number of methoxy groups -OCH3 is 1. The van der Waals surface area contributed by atoms with Gasteiger partial charge in [-0.25, -0.2) is 0 Å². The molecule has 0 aliphatic rings. The van der Waals surface area contributed by atoms with E-state index in [1.54, 1.807) is 19.6 Å². The molecule has 2 aromatic rings. The summed E-state index contributed by atoms with van der Waals surface area (Å²) in [7, 11) is 1.67. The van der Waals surface area contributed by atoms with E-state index in [-0.39, 0.29) is 6.04 Å². The molecule has 1 unspecified atom stereocenters. The number of hydrogen-bond donors (Lipinski definition) is 2. The first-order valence-electron chi connectivity index (χ1n) is 5.86. The van der Waals surface area contributed by atoms with Gasteiger partial charge < -0.3 is 9.15 Å². The van der Waals surface area contributed by atoms with Crippen LogP contribution >= 0.6 is 0 Å². The highest BCUT2D eigenvalue weighted by molar-refractivity contribution is 5.39. The molecule has 1 aromatic carbocycles. The normalized spacial score (nSPS) is 12.4. The van der Waals surface area contributed by atoms with Crippen molar-refractivity contribution >= 4 is 0 Å². The maximum absolute atomic E-state index is 5.66. The number of aryl methyl sites for hydroxylation is 1. The zero-order chi connectivity index (χ0) is 13.0. The number of ether oxygens (including phenoxy) is 1. The Labute approximate surface area is 107 Å². The molecule has 2 rings (SSSR count). The molecule has 1 heterocycles. The third-order valence-corrected chi connectivity index (χ3v) is 2.98. The van der Waals surface area contributed by atoms with Gasteiger partial charge >= 0.3 is 0 Å². The van der Waals surface area contributed by atoms with Gasteiger partial charge in [0.15, 0.2) is 0 Å². The summed E-state index contributed by atoms with van der Waals surface area (Å²) in [5.41, 5.74) is 6.17. The van der Waals surface area contributed by atoms with Crippen LogP contribution in [0.15, 0.2) is 41.2 Å². The topological polar surface area (TPSA) is 60.4 Å². The second kappa shape index (κ2) is 5.71. The van der Waals surface area contributed by atoms with E-state index in [9.17, 15) is 0 Å². The maximum atomic E-state index is 5.66. The number of hydrazine groups is 1. The molecule has 0 bridgehead atoms. The van der Waals surface area contributed by atoms with Crippen LogP contribution in [0.3, 0.4) is 0 Å². The van der Waals surface area contributed by atoms with E-state index < -0.39 is 0 Å². The number of nitrogens with two attached hydrogens (primary N) is 1. The van der Waals surface area contributed by atoms with Crippen LogP contribution in [0, 0.1) is 6.92 Å². The standard InChI is InChI=1S/C14H18N2O2/c1-10-3-4-14(17-2)12(7-10)13(16-15)8-11-5-6-18-9-11/h3-7,9,13,16H,8,15H2,1-2H3. The molecule has 0 saturated heterocycles. The van der Waals surface area contributed by atoms with Crippen molar-refractivity contribution in [3.05, 3.63) is 53.5 Å². The van der Waals surface area contributed by atoms with Crippen molar-refractivity contribution in [1.82, 2.24) is 5.43 Å². The molecule has 96 valence electrons. The van der Waals surface area contributed by atoms with E-state index in [1.165, 1.54) is 5.56 Å². The molecule has 0 amide bonds. The van der Waals surface area contributed by atoms with Gasteiger partial charge in [-0.15, -0.1) is 0 Å². The zero-order valence-corrected chi connectivity index (χ0v) is 10.6. The Morgan fingerprint density at radius 1 is 1.39 bits per heavy atom. The molecule has 18 heavy (non-hydrogen) atoms. The van der Waals surface area contributed by atoms with Crippen molar-refractivity contribution in [3.8, 4) is 5.75 Å². The smallest absolute Gasteiger partial charge is 0.123 e. The van der Waals surface area contributed by atoms with Gasteiger partial charge in [0, 0.05) is 5.56 Å². The number of benzene rings is 1. The number of furan rings is 1. The van der Waals surface area contributed by atoms with Crippen LogP contribution in [0.4, 0.5) is 0 Å². The highest BCUT2D eigenvalue weighted by Crippen LogP contribution is 2.28. The lowest BCUT2D eigenvalue weighted by Gasteiger charge is -2.19. The third kappa shape index (κ3) is 2.72. The van der Waals surface area contributed by atoms with Crippen LogP contribution in [0.1, 0.15) is 22.7 Å². The fourth-order valence-electron chi connectivity index (χ4n) is 2.03. The van der Waals surface area contributed by atoms with Crippen LogP contribution in [0.5, 0.6) is 5.75 Å². The van der Waals surface area contributed by atoms with Gasteiger partial charge in [-0.1, -0.05) is 17.7 Å². The second-order valence-corrected chi connectivity index (χ2v) is 4.30. The summed E-state index contributed by atoms with van der Waals surface area (Å²) in [5, 5.41) is 0. The SMILES string of the molecule is COc1ccc(C)cc1C(Cc1ccoc1)NN. The molecular formula is C14H18N2O2. The van der Waals surface area contributed by atoms with Crippen LogP contribution in [-0.2, 0) is 6.42 Å². The fraction of sp³-hybridized carbons (Fsp3) is 0.286. The van der Waals surface area contributed by atoms with Crippen molar-refractivity contribution in [1.29, 1.82) is 0 Å². The summed E-state index contributed by atoms with van der Waals surface area (Å²) in [6.45, 7) is 2.05. The summed E-state index contributed by atoms with van der Waals surface area (Å²) in [6.07, 6.45) is 4.15. The van der Waals surface area contributed by atoms with Gasteiger partial charge in [0.05, 0.1) is 25.7 Å². The van der Waals surface area contributed by atoms with Crippen LogP contribution in [0.2, 0.25) is 0 Å². The highest BCUT2D eigenvalue weighted by Gasteiger charge is 2.16. The van der Waals surface area contributed by atoms with E-state index in [0.29, 0.717) is 0 Å². The Bertz CT molecular complexity index is 495. The predicted molar refractivity (Wildman–Crippen MR) is 70.2 cm³/mol. The highest BCUT2D eigenvalue weighted by atomic mass is 16.5. The molecule has 0 radical (unpaired) electrons. The minimum Gasteiger partial charge on any atom is -0.496 e. The summed E-state index contributed by atoms with van der Waals surface area (Å²) in [6, 6.07) is 8.01. The van der Waals surface area contributed by atoms with E-state index >= 15 is 0 Å². The molecule has 0 aliphatic carbocycles.